The molecule has 3 aromatic rings. The van der Waals surface area contributed by atoms with Crippen LogP contribution in [0.4, 0.5) is 0 Å². The fraction of sp³-hybridized carbons (Fsp3) is 0.238. The third kappa shape index (κ3) is 4.30. The van der Waals surface area contributed by atoms with E-state index in [1.54, 1.807) is 7.11 Å². The Morgan fingerprint density at radius 1 is 1.15 bits per heavy atom. The predicted octanol–water partition coefficient (Wildman–Crippen LogP) is 2.75. The first-order valence-corrected chi connectivity index (χ1v) is 8.57. The summed E-state index contributed by atoms with van der Waals surface area (Å²) in [6.45, 7) is 2.44. The third-order valence-electron chi connectivity index (χ3n) is 4.29. The Morgan fingerprint density at radius 2 is 2.00 bits per heavy atom. The molecule has 1 aromatic heterocycles. The molecule has 0 radical (unpaired) electrons. The van der Waals surface area contributed by atoms with E-state index >= 15 is 0 Å². The van der Waals surface area contributed by atoms with Crippen molar-refractivity contribution in [2.75, 3.05) is 13.7 Å². The Bertz CT molecular complexity index is 992. The molecule has 0 unspecified atom stereocenters. The molecule has 0 spiro atoms. The van der Waals surface area contributed by atoms with Crippen LogP contribution in [-0.4, -0.2) is 24.5 Å². The molecular formula is C21H22N2O3. The molecule has 2 aromatic carbocycles. The number of aromatic nitrogens is 1. The lowest BCUT2D eigenvalue weighted by molar-refractivity contribution is -0.120. The highest BCUT2D eigenvalue weighted by Crippen LogP contribution is 2.14. The van der Waals surface area contributed by atoms with Crippen LogP contribution < -0.4 is 15.6 Å². The van der Waals surface area contributed by atoms with Crippen molar-refractivity contribution in [3.63, 3.8) is 0 Å². The normalized spacial score (nSPS) is 10.7. The van der Waals surface area contributed by atoms with E-state index in [-0.39, 0.29) is 17.9 Å². The van der Waals surface area contributed by atoms with Gasteiger partial charge in [0.25, 0.3) is 5.56 Å². The van der Waals surface area contributed by atoms with Gasteiger partial charge in [0.2, 0.25) is 5.91 Å². The summed E-state index contributed by atoms with van der Waals surface area (Å²) in [5.74, 6) is 0.652. The molecule has 134 valence electrons. The van der Waals surface area contributed by atoms with Crippen LogP contribution in [0, 0.1) is 6.92 Å². The zero-order chi connectivity index (χ0) is 18.5. The lowest BCUT2D eigenvalue weighted by Gasteiger charge is -2.07. The Labute approximate surface area is 152 Å². The largest absolute Gasteiger partial charge is 0.497 e. The number of nitrogens with one attached hydrogen (secondary N) is 2. The molecule has 5 nitrogen and oxygen atoms in total. The summed E-state index contributed by atoms with van der Waals surface area (Å²) in [5.41, 5.74) is 3.42. The Morgan fingerprint density at radius 3 is 2.81 bits per heavy atom. The van der Waals surface area contributed by atoms with Crippen LogP contribution in [0.15, 0.2) is 53.3 Å². The van der Waals surface area contributed by atoms with Crippen molar-refractivity contribution in [2.24, 2.45) is 0 Å². The number of fused-ring (bicyclic) bond motifs is 1. The van der Waals surface area contributed by atoms with Crippen LogP contribution in [0.2, 0.25) is 0 Å². The second kappa shape index (κ2) is 7.87. The van der Waals surface area contributed by atoms with Gasteiger partial charge in [0.05, 0.1) is 13.5 Å². The topological polar surface area (TPSA) is 71.2 Å². The standard InChI is InChI=1S/C21H22N2O3/c1-14-6-7-19-17(10-14)13-16(21(25)23-19)8-9-22-20(24)12-15-4-3-5-18(11-15)26-2/h3-7,10-11,13H,8-9,12H2,1-2H3,(H,22,24)(H,23,25). The van der Waals surface area contributed by atoms with Gasteiger partial charge in [-0.1, -0.05) is 23.8 Å². The van der Waals surface area contributed by atoms with Gasteiger partial charge < -0.3 is 15.0 Å². The molecule has 3 rings (SSSR count). The van der Waals surface area contributed by atoms with Crippen LogP contribution in [0.25, 0.3) is 10.9 Å². The van der Waals surface area contributed by atoms with E-state index in [0.717, 1.165) is 27.8 Å². The third-order valence-corrected chi connectivity index (χ3v) is 4.29. The van der Waals surface area contributed by atoms with Gasteiger partial charge in [0.1, 0.15) is 5.75 Å². The fourth-order valence-electron chi connectivity index (χ4n) is 2.92. The highest BCUT2D eigenvalue weighted by Gasteiger charge is 2.07. The first-order chi connectivity index (χ1) is 12.5. The minimum absolute atomic E-state index is 0.0775. The molecule has 0 fully saturated rings. The van der Waals surface area contributed by atoms with E-state index in [2.05, 4.69) is 10.3 Å². The zero-order valence-corrected chi connectivity index (χ0v) is 15.0. The van der Waals surface area contributed by atoms with Gasteiger partial charge in [-0.2, -0.15) is 0 Å². The number of rotatable bonds is 6. The summed E-state index contributed by atoms with van der Waals surface area (Å²) in [4.78, 5) is 27.2. The molecule has 1 heterocycles. The number of benzene rings is 2. The fourth-order valence-corrected chi connectivity index (χ4v) is 2.92. The number of aromatic amines is 1. The summed E-state index contributed by atoms with van der Waals surface area (Å²) >= 11 is 0. The number of aryl methyl sites for hydroxylation is 1. The Balaban J connectivity index is 1.60. The van der Waals surface area contributed by atoms with Gasteiger partial charge in [-0.05, 0) is 54.6 Å². The summed E-state index contributed by atoms with van der Waals surface area (Å²) in [6.07, 6.45) is 0.771. The SMILES string of the molecule is COc1cccc(CC(=O)NCCc2cc3cc(C)ccc3[nH]c2=O)c1. The number of pyridine rings is 1. The summed E-state index contributed by atoms with van der Waals surface area (Å²) in [7, 11) is 1.60. The van der Waals surface area contributed by atoms with Crippen molar-refractivity contribution < 1.29 is 9.53 Å². The lowest BCUT2D eigenvalue weighted by atomic mass is 10.1. The maximum absolute atomic E-state index is 12.2. The monoisotopic (exact) mass is 350 g/mol. The van der Waals surface area contributed by atoms with Crippen LogP contribution in [0.1, 0.15) is 16.7 Å². The van der Waals surface area contributed by atoms with E-state index in [1.807, 2.05) is 55.5 Å². The van der Waals surface area contributed by atoms with Gasteiger partial charge in [-0.25, -0.2) is 0 Å². The molecule has 0 saturated carbocycles. The van der Waals surface area contributed by atoms with E-state index in [4.69, 9.17) is 4.74 Å². The van der Waals surface area contributed by atoms with Crippen LogP contribution in [0.5, 0.6) is 5.75 Å². The molecule has 5 heteroatoms. The number of H-pyrrole nitrogens is 1. The average Bonchev–Trinajstić information content (AvgIpc) is 2.62. The van der Waals surface area contributed by atoms with E-state index < -0.39 is 0 Å². The molecule has 0 aliphatic heterocycles. The number of methoxy groups -OCH3 is 1. The van der Waals surface area contributed by atoms with Crippen molar-refractivity contribution in [3.8, 4) is 5.75 Å². The van der Waals surface area contributed by atoms with Crippen LogP contribution >= 0.6 is 0 Å². The van der Waals surface area contributed by atoms with Crippen molar-refractivity contribution in [1.29, 1.82) is 0 Å². The molecular weight excluding hydrogens is 328 g/mol. The van der Waals surface area contributed by atoms with Crippen molar-refractivity contribution in [1.82, 2.24) is 10.3 Å². The first-order valence-electron chi connectivity index (χ1n) is 8.57. The molecule has 26 heavy (non-hydrogen) atoms. The number of ether oxygens (including phenoxy) is 1. The molecule has 0 bridgehead atoms. The summed E-state index contributed by atoms with van der Waals surface area (Å²) in [6, 6.07) is 15.2. The highest BCUT2D eigenvalue weighted by molar-refractivity contribution is 5.80. The summed E-state index contributed by atoms with van der Waals surface area (Å²) < 4.78 is 5.16. The smallest absolute Gasteiger partial charge is 0.251 e. The van der Waals surface area contributed by atoms with Crippen LogP contribution in [-0.2, 0) is 17.6 Å². The van der Waals surface area contributed by atoms with Gasteiger partial charge in [0, 0.05) is 17.6 Å². The predicted molar refractivity (Wildman–Crippen MR) is 103 cm³/mol. The van der Waals surface area contributed by atoms with E-state index in [1.165, 1.54) is 0 Å². The maximum atomic E-state index is 12.2. The quantitative estimate of drug-likeness (QED) is 0.718. The molecule has 1 amide bonds. The van der Waals surface area contributed by atoms with E-state index in [9.17, 15) is 9.59 Å². The average molecular weight is 350 g/mol. The van der Waals surface area contributed by atoms with Crippen LogP contribution in [0.3, 0.4) is 0 Å². The number of hydrogen-bond acceptors (Lipinski definition) is 3. The van der Waals surface area contributed by atoms with Gasteiger partial charge >= 0.3 is 0 Å². The molecule has 2 N–H and O–H groups in total. The van der Waals surface area contributed by atoms with E-state index in [0.29, 0.717) is 18.5 Å². The maximum Gasteiger partial charge on any atom is 0.251 e. The number of carbonyl (C=O) groups excluding carboxylic acids is 1. The molecule has 0 aliphatic rings. The van der Waals surface area contributed by atoms with Crippen molar-refractivity contribution in [3.05, 3.63) is 75.6 Å². The lowest BCUT2D eigenvalue weighted by Crippen LogP contribution is -2.28. The Hall–Kier alpha value is -3.08. The van der Waals surface area contributed by atoms with Crippen molar-refractivity contribution in [2.45, 2.75) is 19.8 Å². The van der Waals surface area contributed by atoms with Gasteiger partial charge in [-0.3, -0.25) is 9.59 Å². The Kier molecular flexibility index (Phi) is 5.37. The number of amides is 1. The first kappa shape index (κ1) is 17.7. The second-order valence-electron chi connectivity index (χ2n) is 6.34. The number of carbonyl (C=O) groups is 1. The van der Waals surface area contributed by atoms with Crippen molar-refractivity contribution >= 4 is 16.8 Å². The molecule has 0 saturated heterocycles. The molecule has 0 aliphatic carbocycles. The summed E-state index contributed by atoms with van der Waals surface area (Å²) in [5, 5.41) is 3.87. The second-order valence-corrected chi connectivity index (χ2v) is 6.34. The van der Waals surface area contributed by atoms with Gasteiger partial charge in [-0.15, -0.1) is 0 Å². The zero-order valence-electron chi connectivity index (χ0n) is 15.0. The minimum atomic E-state index is -0.108. The van der Waals surface area contributed by atoms with Gasteiger partial charge in [0.15, 0.2) is 0 Å². The minimum Gasteiger partial charge on any atom is -0.497 e. The number of hydrogen-bond donors (Lipinski definition) is 2. The molecule has 0 atom stereocenters. The highest BCUT2D eigenvalue weighted by atomic mass is 16.5.